The van der Waals surface area contributed by atoms with Crippen molar-refractivity contribution in [3.63, 3.8) is 0 Å². The monoisotopic (exact) mass is 343 g/mol. The topological polar surface area (TPSA) is 63.5 Å². The van der Waals surface area contributed by atoms with Crippen molar-refractivity contribution < 1.29 is 9.53 Å². The second-order valence-corrected chi connectivity index (χ2v) is 6.35. The van der Waals surface area contributed by atoms with Gasteiger partial charge in [0.05, 0.1) is 7.11 Å². The van der Waals surface area contributed by atoms with E-state index >= 15 is 0 Å². The van der Waals surface area contributed by atoms with Crippen molar-refractivity contribution in [2.24, 2.45) is 0 Å². The van der Waals surface area contributed by atoms with Gasteiger partial charge in [-0.25, -0.2) is 9.67 Å². The van der Waals surface area contributed by atoms with Crippen molar-refractivity contribution >= 4 is 5.91 Å². The number of carbonyl (C=O) groups is 1. The summed E-state index contributed by atoms with van der Waals surface area (Å²) in [7, 11) is 1.68. The van der Waals surface area contributed by atoms with Gasteiger partial charge >= 0.3 is 0 Å². The molecule has 0 saturated carbocycles. The fourth-order valence-corrected chi connectivity index (χ4v) is 3.13. The zero-order valence-electron chi connectivity index (χ0n) is 14.8. The summed E-state index contributed by atoms with van der Waals surface area (Å²) in [5.74, 6) is 0.982. The molecule has 0 aliphatic carbocycles. The summed E-state index contributed by atoms with van der Waals surface area (Å²) in [6, 6.07) is 7.86. The lowest BCUT2D eigenvalue weighted by Crippen LogP contribution is -2.39. The molecule has 7 nitrogen and oxygen atoms in total. The molecular weight excluding hydrogens is 318 g/mol. The number of carbonyl (C=O) groups excluding carboxylic acids is 1. The second-order valence-electron chi connectivity index (χ2n) is 6.35. The lowest BCUT2D eigenvalue weighted by Gasteiger charge is -2.24. The smallest absolute Gasteiger partial charge is 0.247 e. The van der Waals surface area contributed by atoms with E-state index in [4.69, 9.17) is 4.74 Å². The Morgan fingerprint density at radius 2 is 2.00 bits per heavy atom. The molecule has 0 radical (unpaired) electrons. The number of nitrogens with zero attached hydrogens (tertiary/aromatic N) is 5. The largest absolute Gasteiger partial charge is 0.497 e. The van der Waals surface area contributed by atoms with E-state index in [0.717, 1.165) is 44.9 Å². The fraction of sp³-hybridized carbons (Fsp3) is 0.500. The molecule has 7 heteroatoms. The SMILES string of the molecule is COc1ccc(CN2CCCN(C(=O)C(C)n3cncn3)CC2)cc1. The first-order valence-corrected chi connectivity index (χ1v) is 8.65. The van der Waals surface area contributed by atoms with E-state index in [1.807, 2.05) is 24.0 Å². The van der Waals surface area contributed by atoms with E-state index in [1.165, 1.54) is 11.9 Å². The lowest BCUT2D eigenvalue weighted by molar-refractivity contribution is -0.134. The highest BCUT2D eigenvalue weighted by Gasteiger charge is 2.24. The molecule has 2 heterocycles. The van der Waals surface area contributed by atoms with E-state index in [1.54, 1.807) is 18.1 Å². The molecule has 134 valence electrons. The molecule has 1 unspecified atom stereocenters. The van der Waals surface area contributed by atoms with Crippen LogP contribution in [0.2, 0.25) is 0 Å². The maximum Gasteiger partial charge on any atom is 0.247 e. The van der Waals surface area contributed by atoms with Crippen LogP contribution in [0.1, 0.15) is 24.9 Å². The fourth-order valence-electron chi connectivity index (χ4n) is 3.13. The molecule has 1 atom stereocenters. The van der Waals surface area contributed by atoms with Gasteiger partial charge in [-0.05, 0) is 31.0 Å². The van der Waals surface area contributed by atoms with Crippen molar-refractivity contribution in [1.29, 1.82) is 0 Å². The standard InChI is InChI=1S/C18H25N5O2/c1-15(23-14-19-13-20-23)18(24)22-9-3-8-21(10-11-22)12-16-4-6-17(25-2)7-5-16/h4-7,13-15H,3,8-12H2,1-2H3. The zero-order valence-corrected chi connectivity index (χ0v) is 14.8. The first kappa shape index (κ1) is 17.4. The lowest BCUT2D eigenvalue weighted by atomic mass is 10.2. The summed E-state index contributed by atoms with van der Waals surface area (Å²) >= 11 is 0. The molecule has 1 amide bonds. The van der Waals surface area contributed by atoms with Gasteiger partial charge in [0.25, 0.3) is 0 Å². The van der Waals surface area contributed by atoms with E-state index in [0.29, 0.717) is 0 Å². The van der Waals surface area contributed by atoms with Gasteiger partial charge in [-0.15, -0.1) is 0 Å². The first-order chi connectivity index (χ1) is 12.2. The van der Waals surface area contributed by atoms with E-state index in [2.05, 4.69) is 27.1 Å². The van der Waals surface area contributed by atoms with E-state index < -0.39 is 0 Å². The molecule has 1 aromatic heterocycles. The minimum absolute atomic E-state index is 0.108. The second kappa shape index (κ2) is 8.11. The summed E-state index contributed by atoms with van der Waals surface area (Å²) < 4.78 is 6.82. The number of aromatic nitrogens is 3. The molecule has 1 aromatic carbocycles. The van der Waals surface area contributed by atoms with Gasteiger partial charge in [-0.2, -0.15) is 5.10 Å². The molecule has 3 rings (SSSR count). The van der Waals surface area contributed by atoms with Gasteiger partial charge in [-0.3, -0.25) is 9.69 Å². The number of ether oxygens (including phenoxy) is 1. The van der Waals surface area contributed by atoms with Crippen LogP contribution in [0.25, 0.3) is 0 Å². The Morgan fingerprint density at radius 3 is 2.68 bits per heavy atom. The van der Waals surface area contributed by atoms with Crippen LogP contribution in [0.3, 0.4) is 0 Å². The third kappa shape index (κ3) is 4.36. The number of benzene rings is 1. The number of hydrogen-bond acceptors (Lipinski definition) is 5. The summed E-state index contributed by atoms with van der Waals surface area (Å²) in [6.07, 6.45) is 4.03. The summed E-state index contributed by atoms with van der Waals surface area (Å²) in [6.45, 7) is 6.17. The normalized spacial score (nSPS) is 17.1. The van der Waals surface area contributed by atoms with Crippen LogP contribution >= 0.6 is 0 Å². The first-order valence-electron chi connectivity index (χ1n) is 8.65. The molecule has 0 N–H and O–H groups in total. The molecule has 0 spiro atoms. The predicted molar refractivity (Wildman–Crippen MR) is 94.2 cm³/mol. The van der Waals surface area contributed by atoms with Crippen LogP contribution < -0.4 is 4.74 Å². The van der Waals surface area contributed by atoms with Crippen molar-refractivity contribution in [2.45, 2.75) is 25.9 Å². The Labute approximate surface area is 148 Å². The Hall–Kier alpha value is -2.41. The minimum atomic E-state index is -0.310. The van der Waals surface area contributed by atoms with Crippen LogP contribution in [0.4, 0.5) is 0 Å². The third-order valence-electron chi connectivity index (χ3n) is 4.66. The van der Waals surface area contributed by atoms with Gasteiger partial charge in [-0.1, -0.05) is 12.1 Å². The van der Waals surface area contributed by atoms with Crippen molar-refractivity contribution in [3.05, 3.63) is 42.5 Å². The maximum absolute atomic E-state index is 12.7. The molecule has 0 bridgehead atoms. The van der Waals surface area contributed by atoms with Crippen LogP contribution in [-0.4, -0.2) is 63.8 Å². The highest BCUT2D eigenvalue weighted by molar-refractivity contribution is 5.80. The average molecular weight is 343 g/mol. The maximum atomic E-state index is 12.7. The van der Waals surface area contributed by atoms with E-state index in [-0.39, 0.29) is 11.9 Å². The molecule has 2 aromatic rings. The number of methoxy groups -OCH3 is 1. The zero-order chi connectivity index (χ0) is 17.6. The molecule has 1 saturated heterocycles. The Morgan fingerprint density at radius 1 is 1.20 bits per heavy atom. The molecule has 1 aliphatic rings. The van der Waals surface area contributed by atoms with Crippen molar-refractivity contribution in [3.8, 4) is 5.75 Å². The Bertz CT molecular complexity index is 671. The van der Waals surface area contributed by atoms with Gasteiger partial charge < -0.3 is 9.64 Å². The van der Waals surface area contributed by atoms with Gasteiger partial charge in [0, 0.05) is 32.7 Å². The highest BCUT2D eigenvalue weighted by atomic mass is 16.5. The molecular formula is C18H25N5O2. The average Bonchev–Trinajstić information content (AvgIpc) is 3.08. The summed E-state index contributed by atoms with van der Waals surface area (Å²) in [5.41, 5.74) is 1.26. The van der Waals surface area contributed by atoms with Crippen LogP contribution in [0.5, 0.6) is 5.75 Å². The predicted octanol–water partition coefficient (Wildman–Crippen LogP) is 1.58. The number of rotatable bonds is 5. The van der Waals surface area contributed by atoms with Gasteiger partial charge in [0.15, 0.2) is 0 Å². The number of hydrogen-bond donors (Lipinski definition) is 0. The highest BCUT2D eigenvalue weighted by Crippen LogP contribution is 2.15. The van der Waals surface area contributed by atoms with Crippen LogP contribution in [-0.2, 0) is 11.3 Å². The minimum Gasteiger partial charge on any atom is -0.497 e. The van der Waals surface area contributed by atoms with Crippen LogP contribution in [0.15, 0.2) is 36.9 Å². The van der Waals surface area contributed by atoms with Crippen LogP contribution in [0, 0.1) is 0 Å². The molecule has 25 heavy (non-hydrogen) atoms. The Kier molecular flexibility index (Phi) is 5.65. The van der Waals surface area contributed by atoms with Crippen molar-refractivity contribution in [1.82, 2.24) is 24.6 Å². The number of amides is 1. The summed E-state index contributed by atoms with van der Waals surface area (Å²) in [5, 5.41) is 4.08. The third-order valence-corrected chi connectivity index (χ3v) is 4.66. The summed E-state index contributed by atoms with van der Waals surface area (Å²) in [4.78, 5) is 21.0. The van der Waals surface area contributed by atoms with Gasteiger partial charge in [0.1, 0.15) is 24.4 Å². The molecule has 1 fully saturated rings. The van der Waals surface area contributed by atoms with Crippen molar-refractivity contribution in [2.75, 3.05) is 33.3 Å². The van der Waals surface area contributed by atoms with E-state index in [9.17, 15) is 4.79 Å². The molecule has 1 aliphatic heterocycles. The van der Waals surface area contributed by atoms with Gasteiger partial charge in [0.2, 0.25) is 5.91 Å². The Balaban J connectivity index is 1.55. The quantitative estimate of drug-likeness (QED) is 0.825.